The Hall–Kier alpha value is -3.13. The van der Waals surface area contributed by atoms with Crippen LogP contribution in [0.2, 0.25) is 5.02 Å². The Bertz CT molecular complexity index is 941. The topological polar surface area (TPSA) is 81.2 Å². The number of nitrogens with one attached hydrogen (secondary N) is 2. The molecule has 0 saturated carbocycles. The molecule has 0 atom stereocenters. The fourth-order valence-corrected chi connectivity index (χ4v) is 2.51. The van der Waals surface area contributed by atoms with Crippen LogP contribution in [-0.4, -0.2) is 29.4 Å². The average Bonchev–Trinajstić information content (AvgIpc) is 2.69. The predicted molar refractivity (Wildman–Crippen MR) is 101 cm³/mol. The summed E-state index contributed by atoms with van der Waals surface area (Å²) in [6.45, 7) is 0.501. The van der Waals surface area contributed by atoms with Gasteiger partial charge in [0.25, 0.3) is 0 Å². The van der Waals surface area contributed by atoms with Gasteiger partial charge in [-0.3, -0.25) is 0 Å². The Labute approximate surface area is 160 Å². The van der Waals surface area contributed by atoms with Gasteiger partial charge in [-0.15, -0.1) is 5.10 Å². The fraction of sp³-hybridized carbons (Fsp3) is 0.167. The molecule has 3 rings (SSSR count). The zero-order chi connectivity index (χ0) is 19.2. The van der Waals surface area contributed by atoms with E-state index in [4.69, 9.17) is 21.1 Å². The lowest BCUT2D eigenvalue weighted by molar-refractivity contribution is 0.354. The molecule has 0 bridgehead atoms. The summed E-state index contributed by atoms with van der Waals surface area (Å²) in [7, 11) is 3.17. The van der Waals surface area contributed by atoms with E-state index in [9.17, 15) is 4.39 Å². The van der Waals surface area contributed by atoms with Crippen molar-refractivity contribution in [3.05, 3.63) is 59.0 Å². The average molecular weight is 390 g/mol. The smallest absolute Gasteiger partial charge is 0.249 e. The van der Waals surface area contributed by atoms with Gasteiger partial charge in [0, 0.05) is 12.2 Å². The van der Waals surface area contributed by atoms with Crippen molar-refractivity contribution in [2.24, 2.45) is 0 Å². The maximum absolute atomic E-state index is 13.2. The third kappa shape index (κ3) is 4.73. The maximum atomic E-state index is 13.2. The Balaban J connectivity index is 1.68. The summed E-state index contributed by atoms with van der Waals surface area (Å²) in [6, 6.07) is 9.87. The van der Waals surface area contributed by atoms with Gasteiger partial charge in [0.1, 0.15) is 5.82 Å². The largest absolute Gasteiger partial charge is 0.493 e. The highest BCUT2D eigenvalue weighted by Crippen LogP contribution is 2.28. The van der Waals surface area contributed by atoms with Gasteiger partial charge in [-0.05, 0) is 35.9 Å². The van der Waals surface area contributed by atoms with E-state index >= 15 is 0 Å². The molecule has 0 unspecified atom stereocenters. The van der Waals surface area contributed by atoms with Crippen molar-refractivity contribution in [1.29, 1.82) is 0 Å². The van der Waals surface area contributed by atoms with E-state index in [0.717, 1.165) is 5.56 Å². The Morgan fingerprint density at radius 3 is 2.63 bits per heavy atom. The van der Waals surface area contributed by atoms with Crippen LogP contribution in [0, 0.1) is 5.82 Å². The maximum Gasteiger partial charge on any atom is 0.249 e. The molecule has 0 radical (unpaired) electrons. The quantitative estimate of drug-likeness (QED) is 0.631. The normalized spacial score (nSPS) is 10.4. The molecule has 9 heteroatoms. The molecule has 0 spiro atoms. The zero-order valence-corrected chi connectivity index (χ0v) is 15.4. The number of aromatic nitrogens is 3. The molecule has 3 aromatic rings. The van der Waals surface area contributed by atoms with Gasteiger partial charge < -0.3 is 20.1 Å². The van der Waals surface area contributed by atoms with Crippen LogP contribution in [0.3, 0.4) is 0 Å². The van der Waals surface area contributed by atoms with Crippen LogP contribution in [0.25, 0.3) is 0 Å². The lowest BCUT2D eigenvalue weighted by Crippen LogP contribution is -2.06. The van der Waals surface area contributed by atoms with Gasteiger partial charge >= 0.3 is 0 Å². The zero-order valence-electron chi connectivity index (χ0n) is 14.7. The highest BCUT2D eigenvalue weighted by Gasteiger charge is 2.07. The summed E-state index contributed by atoms with van der Waals surface area (Å²) >= 11 is 5.77. The molecule has 27 heavy (non-hydrogen) atoms. The first-order valence-corrected chi connectivity index (χ1v) is 8.33. The summed E-state index contributed by atoms with van der Waals surface area (Å²) in [5.74, 6) is 1.60. The number of nitrogens with zero attached hydrogens (tertiary/aromatic N) is 3. The molecule has 2 N–H and O–H groups in total. The van der Waals surface area contributed by atoms with Crippen molar-refractivity contribution < 1.29 is 13.9 Å². The molecule has 0 aliphatic heterocycles. The second kappa shape index (κ2) is 8.50. The highest BCUT2D eigenvalue weighted by atomic mass is 35.5. The van der Waals surface area contributed by atoms with Crippen LogP contribution in [0.1, 0.15) is 5.56 Å². The monoisotopic (exact) mass is 389 g/mol. The Morgan fingerprint density at radius 1 is 1.07 bits per heavy atom. The number of hydrogen-bond acceptors (Lipinski definition) is 7. The van der Waals surface area contributed by atoms with Crippen molar-refractivity contribution in [1.82, 2.24) is 15.2 Å². The first-order chi connectivity index (χ1) is 13.1. The van der Waals surface area contributed by atoms with Crippen molar-refractivity contribution in [3.8, 4) is 11.5 Å². The predicted octanol–water partition coefficient (Wildman–Crippen LogP) is 4.04. The molecule has 0 amide bonds. The van der Waals surface area contributed by atoms with Gasteiger partial charge in [-0.2, -0.15) is 10.1 Å². The molecule has 0 saturated heterocycles. The van der Waals surface area contributed by atoms with E-state index in [1.165, 1.54) is 24.4 Å². The number of hydrogen-bond donors (Lipinski definition) is 2. The number of methoxy groups -OCH3 is 2. The number of halogens is 2. The molecule has 0 aliphatic rings. The van der Waals surface area contributed by atoms with Crippen LogP contribution in [0.15, 0.2) is 42.6 Å². The van der Waals surface area contributed by atoms with E-state index in [1.807, 2.05) is 18.2 Å². The summed E-state index contributed by atoms with van der Waals surface area (Å²) < 4.78 is 23.8. The molecule has 1 aromatic heterocycles. The summed E-state index contributed by atoms with van der Waals surface area (Å²) in [5.41, 5.74) is 1.53. The Kier molecular flexibility index (Phi) is 5.87. The molecule has 0 aliphatic carbocycles. The van der Waals surface area contributed by atoms with Gasteiger partial charge in [0.15, 0.2) is 17.3 Å². The van der Waals surface area contributed by atoms with Crippen LogP contribution in [0.4, 0.5) is 21.8 Å². The van der Waals surface area contributed by atoms with Gasteiger partial charge in [0.05, 0.1) is 25.4 Å². The number of rotatable bonds is 7. The second-order valence-corrected chi connectivity index (χ2v) is 5.87. The number of benzene rings is 2. The SMILES string of the molecule is COc1ccc(CNc2cnnc(Nc3ccc(F)c(Cl)c3)n2)cc1OC. The van der Waals surface area contributed by atoms with E-state index < -0.39 is 5.82 Å². The molecule has 0 fully saturated rings. The van der Waals surface area contributed by atoms with Crippen molar-refractivity contribution in [2.75, 3.05) is 24.9 Å². The summed E-state index contributed by atoms with van der Waals surface area (Å²) in [4.78, 5) is 4.32. The van der Waals surface area contributed by atoms with E-state index in [1.54, 1.807) is 14.2 Å². The lowest BCUT2D eigenvalue weighted by atomic mass is 10.2. The number of anilines is 3. The van der Waals surface area contributed by atoms with Crippen LogP contribution in [-0.2, 0) is 6.54 Å². The molecule has 140 valence electrons. The van der Waals surface area contributed by atoms with Crippen LogP contribution < -0.4 is 20.1 Å². The second-order valence-electron chi connectivity index (χ2n) is 5.46. The van der Waals surface area contributed by atoms with Crippen molar-refractivity contribution in [2.45, 2.75) is 6.54 Å². The minimum absolute atomic E-state index is 0.00990. The molecule has 7 nitrogen and oxygen atoms in total. The van der Waals surface area contributed by atoms with E-state index in [0.29, 0.717) is 29.5 Å². The van der Waals surface area contributed by atoms with Crippen molar-refractivity contribution >= 4 is 29.1 Å². The van der Waals surface area contributed by atoms with Crippen LogP contribution in [0.5, 0.6) is 11.5 Å². The first-order valence-electron chi connectivity index (χ1n) is 7.95. The minimum atomic E-state index is -0.494. The third-order valence-corrected chi connectivity index (χ3v) is 3.95. The lowest BCUT2D eigenvalue weighted by Gasteiger charge is -2.11. The third-order valence-electron chi connectivity index (χ3n) is 3.66. The molecular weight excluding hydrogens is 373 g/mol. The standard InChI is InChI=1S/C18H17ClFN5O2/c1-26-15-6-3-11(7-16(15)27-2)9-21-17-10-22-25-18(24-17)23-12-4-5-14(20)13(19)8-12/h3-8,10H,9H2,1-2H3,(H2,21,23,24,25). The van der Waals surface area contributed by atoms with E-state index in [2.05, 4.69) is 25.8 Å². The highest BCUT2D eigenvalue weighted by molar-refractivity contribution is 6.31. The van der Waals surface area contributed by atoms with Crippen LogP contribution >= 0.6 is 11.6 Å². The van der Waals surface area contributed by atoms with Gasteiger partial charge in [-0.25, -0.2) is 4.39 Å². The summed E-state index contributed by atoms with van der Waals surface area (Å²) in [5, 5.41) is 13.9. The Morgan fingerprint density at radius 2 is 1.89 bits per heavy atom. The molecule has 2 aromatic carbocycles. The van der Waals surface area contributed by atoms with Gasteiger partial charge in [-0.1, -0.05) is 17.7 Å². The van der Waals surface area contributed by atoms with Crippen molar-refractivity contribution in [3.63, 3.8) is 0 Å². The van der Waals surface area contributed by atoms with E-state index in [-0.39, 0.29) is 11.0 Å². The van der Waals surface area contributed by atoms with Gasteiger partial charge in [0.2, 0.25) is 5.95 Å². The molecule has 1 heterocycles. The molecular formula is C18H17ClFN5O2. The summed E-state index contributed by atoms with van der Waals surface area (Å²) in [6.07, 6.45) is 1.50. The minimum Gasteiger partial charge on any atom is -0.493 e. The first kappa shape index (κ1) is 18.7. The fourth-order valence-electron chi connectivity index (χ4n) is 2.33. The number of ether oxygens (including phenoxy) is 2.